The molecular formula is C24H32N2O6. The predicted molar refractivity (Wildman–Crippen MR) is 121 cm³/mol. The largest absolute Gasteiger partial charge is 0.492 e. The van der Waals surface area contributed by atoms with Crippen molar-refractivity contribution in [3.63, 3.8) is 0 Å². The molecule has 0 aromatic heterocycles. The van der Waals surface area contributed by atoms with Crippen LogP contribution in [0.3, 0.4) is 0 Å². The molecule has 2 aromatic carbocycles. The Morgan fingerprint density at radius 1 is 1.00 bits per heavy atom. The normalized spacial score (nSPS) is 18.2. The van der Waals surface area contributed by atoms with Gasteiger partial charge in [-0.15, -0.1) is 0 Å². The van der Waals surface area contributed by atoms with Crippen molar-refractivity contribution in [3.05, 3.63) is 41.5 Å². The molecule has 1 saturated heterocycles. The van der Waals surface area contributed by atoms with Crippen LogP contribution in [-0.4, -0.2) is 64.0 Å². The van der Waals surface area contributed by atoms with Crippen LogP contribution in [0, 0.1) is 0 Å². The molecule has 2 N–H and O–H groups in total. The molecule has 32 heavy (non-hydrogen) atoms. The van der Waals surface area contributed by atoms with Crippen molar-refractivity contribution in [1.82, 2.24) is 4.90 Å². The first-order chi connectivity index (χ1) is 15.4. The molecule has 0 unspecified atom stereocenters. The van der Waals surface area contributed by atoms with E-state index in [9.17, 15) is 4.79 Å². The maximum Gasteiger partial charge on any atom is 0.258 e. The highest BCUT2D eigenvalue weighted by atomic mass is 16.5. The van der Waals surface area contributed by atoms with Gasteiger partial charge in [0.15, 0.2) is 11.5 Å². The molecule has 1 fully saturated rings. The van der Waals surface area contributed by atoms with Crippen LogP contribution in [0.5, 0.6) is 28.7 Å². The zero-order chi connectivity index (χ0) is 23.3. The van der Waals surface area contributed by atoms with Gasteiger partial charge in [0.05, 0.1) is 39.1 Å². The quantitative estimate of drug-likeness (QED) is 0.668. The highest BCUT2D eigenvalue weighted by Gasteiger charge is 2.32. The van der Waals surface area contributed by atoms with Gasteiger partial charge >= 0.3 is 0 Å². The standard InChI is InChI=1S/C24H32N2O6/c1-15-13-26(14-16(2)31-15)24(27)19-12-20(22(29-4)23(30-5)21(19)28-3)32-18-8-6-17(7-9-18)10-11-25/h6-9,12,15-16H,10-11,13-14,25H2,1-5H3/t15-,16+. The lowest BCUT2D eigenvalue weighted by Gasteiger charge is -2.35. The van der Waals surface area contributed by atoms with Crippen LogP contribution in [0.25, 0.3) is 0 Å². The van der Waals surface area contributed by atoms with Crippen molar-refractivity contribution in [2.24, 2.45) is 5.73 Å². The van der Waals surface area contributed by atoms with Crippen LogP contribution >= 0.6 is 0 Å². The smallest absolute Gasteiger partial charge is 0.258 e. The van der Waals surface area contributed by atoms with Crippen molar-refractivity contribution in [1.29, 1.82) is 0 Å². The van der Waals surface area contributed by atoms with E-state index in [1.54, 1.807) is 11.0 Å². The van der Waals surface area contributed by atoms with E-state index >= 15 is 0 Å². The van der Waals surface area contributed by atoms with Crippen LogP contribution in [0.4, 0.5) is 0 Å². The van der Waals surface area contributed by atoms with Gasteiger partial charge in [0.1, 0.15) is 5.75 Å². The molecule has 0 radical (unpaired) electrons. The second-order valence-electron chi connectivity index (χ2n) is 7.77. The van der Waals surface area contributed by atoms with Gasteiger partial charge in [-0.25, -0.2) is 0 Å². The minimum absolute atomic E-state index is 0.0587. The molecule has 1 amide bonds. The lowest BCUT2D eigenvalue weighted by molar-refractivity contribution is -0.0586. The molecular weight excluding hydrogens is 412 g/mol. The van der Waals surface area contributed by atoms with Crippen molar-refractivity contribution < 1.29 is 28.5 Å². The first-order valence-electron chi connectivity index (χ1n) is 10.7. The van der Waals surface area contributed by atoms with E-state index in [1.807, 2.05) is 38.1 Å². The van der Waals surface area contributed by atoms with Gasteiger partial charge in [-0.1, -0.05) is 12.1 Å². The fourth-order valence-electron chi connectivity index (χ4n) is 3.95. The summed E-state index contributed by atoms with van der Waals surface area (Å²) < 4.78 is 28.6. The van der Waals surface area contributed by atoms with Crippen molar-refractivity contribution in [2.45, 2.75) is 32.5 Å². The maximum atomic E-state index is 13.5. The second kappa shape index (κ2) is 10.6. The molecule has 0 saturated carbocycles. The van der Waals surface area contributed by atoms with E-state index in [1.165, 1.54) is 21.3 Å². The Hall–Kier alpha value is -2.97. The fraction of sp³-hybridized carbons (Fsp3) is 0.458. The number of nitrogens with zero attached hydrogens (tertiary/aromatic N) is 1. The van der Waals surface area contributed by atoms with Gasteiger partial charge in [0.25, 0.3) is 5.91 Å². The Kier molecular flexibility index (Phi) is 7.82. The van der Waals surface area contributed by atoms with E-state index in [2.05, 4.69) is 0 Å². The number of rotatable bonds is 8. The third-order valence-corrected chi connectivity index (χ3v) is 5.29. The first kappa shape index (κ1) is 23.7. The molecule has 1 aliphatic heterocycles. The Bertz CT molecular complexity index is 921. The number of morpholine rings is 1. The summed E-state index contributed by atoms with van der Waals surface area (Å²) >= 11 is 0. The summed E-state index contributed by atoms with van der Waals surface area (Å²) in [6.45, 7) is 5.45. The van der Waals surface area contributed by atoms with E-state index in [-0.39, 0.29) is 18.1 Å². The van der Waals surface area contributed by atoms with Crippen LogP contribution in [0.1, 0.15) is 29.8 Å². The van der Waals surface area contributed by atoms with E-state index in [0.717, 1.165) is 12.0 Å². The third-order valence-electron chi connectivity index (χ3n) is 5.29. The number of nitrogens with two attached hydrogens (primary N) is 1. The number of hydrogen-bond donors (Lipinski definition) is 1. The van der Waals surface area contributed by atoms with Gasteiger partial charge in [0.2, 0.25) is 11.5 Å². The lowest BCUT2D eigenvalue weighted by atomic mass is 10.1. The van der Waals surface area contributed by atoms with Crippen molar-refractivity contribution in [3.8, 4) is 28.7 Å². The molecule has 1 aliphatic rings. The molecule has 0 bridgehead atoms. The molecule has 2 atom stereocenters. The average Bonchev–Trinajstić information content (AvgIpc) is 2.78. The van der Waals surface area contributed by atoms with Crippen LogP contribution in [0.15, 0.2) is 30.3 Å². The number of benzene rings is 2. The van der Waals surface area contributed by atoms with Gasteiger partial charge in [-0.2, -0.15) is 0 Å². The Morgan fingerprint density at radius 3 is 2.12 bits per heavy atom. The van der Waals surface area contributed by atoms with Crippen molar-refractivity contribution >= 4 is 5.91 Å². The highest BCUT2D eigenvalue weighted by Crippen LogP contribution is 2.48. The van der Waals surface area contributed by atoms with E-state index in [4.69, 9.17) is 29.4 Å². The molecule has 8 heteroatoms. The van der Waals surface area contributed by atoms with Gasteiger partial charge in [-0.3, -0.25) is 4.79 Å². The second-order valence-corrected chi connectivity index (χ2v) is 7.77. The third kappa shape index (κ3) is 5.08. The van der Waals surface area contributed by atoms with Gasteiger partial charge < -0.3 is 34.3 Å². The summed E-state index contributed by atoms with van der Waals surface area (Å²) in [7, 11) is 4.51. The van der Waals surface area contributed by atoms with Gasteiger partial charge in [0, 0.05) is 19.2 Å². The number of carbonyl (C=O) groups is 1. The van der Waals surface area contributed by atoms with Crippen LogP contribution in [0.2, 0.25) is 0 Å². The Labute approximate surface area is 189 Å². The summed E-state index contributed by atoms with van der Waals surface area (Å²) in [6.07, 6.45) is 0.669. The molecule has 0 aliphatic carbocycles. The number of carbonyl (C=O) groups excluding carboxylic acids is 1. The summed E-state index contributed by atoms with van der Waals surface area (Å²) in [6, 6.07) is 9.26. The lowest BCUT2D eigenvalue weighted by Crippen LogP contribution is -2.48. The topological polar surface area (TPSA) is 92.5 Å². The molecule has 0 spiro atoms. The molecule has 174 valence electrons. The van der Waals surface area contributed by atoms with E-state index < -0.39 is 0 Å². The summed E-state index contributed by atoms with van der Waals surface area (Å²) in [5, 5.41) is 0. The van der Waals surface area contributed by atoms with E-state index in [0.29, 0.717) is 53.9 Å². The monoisotopic (exact) mass is 444 g/mol. The predicted octanol–water partition coefficient (Wildman–Crippen LogP) is 3.26. The molecule has 2 aromatic rings. The fourth-order valence-corrected chi connectivity index (χ4v) is 3.95. The van der Waals surface area contributed by atoms with Gasteiger partial charge in [-0.05, 0) is 44.5 Å². The Balaban J connectivity index is 2.02. The summed E-state index contributed by atoms with van der Waals surface area (Å²) in [5.74, 6) is 1.71. The minimum atomic E-state index is -0.187. The molecule has 3 rings (SSSR count). The number of methoxy groups -OCH3 is 3. The molecule has 1 heterocycles. The zero-order valence-electron chi connectivity index (χ0n) is 19.3. The highest BCUT2D eigenvalue weighted by molar-refractivity contribution is 5.99. The van der Waals surface area contributed by atoms with Crippen molar-refractivity contribution in [2.75, 3.05) is 41.0 Å². The number of hydrogen-bond acceptors (Lipinski definition) is 7. The zero-order valence-corrected chi connectivity index (χ0v) is 19.3. The maximum absolute atomic E-state index is 13.5. The molecule has 8 nitrogen and oxygen atoms in total. The number of amides is 1. The Morgan fingerprint density at radius 2 is 1.59 bits per heavy atom. The summed E-state index contributed by atoms with van der Waals surface area (Å²) in [4.78, 5) is 15.2. The SMILES string of the molecule is COc1c(Oc2ccc(CCN)cc2)cc(C(=O)N2C[C@@H](C)O[C@@H](C)C2)c(OC)c1OC. The van der Waals surface area contributed by atoms with Crippen LogP contribution in [-0.2, 0) is 11.2 Å². The number of ether oxygens (including phenoxy) is 5. The first-order valence-corrected chi connectivity index (χ1v) is 10.7. The summed E-state index contributed by atoms with van der Waals surface area (Å²) in [5.41, 5.74) is 7.08. The minimum Gasteiger partial charge on any atom is -0.492 e. The average molecular weight is 445 g/mol. The van der Waals surface area contributed by atoms with Crippen LogP contribution < -0.4 is 24.7 Å².